The first-order valence-corrected chi connectivity index (χ1v) is 9.09. The number of aromatic amines is 1. The predicted octanol–water partition coefficient (Wildman–Crippen LogP) is 4.46. The normalized spacial score (nSPS) is 15.0. The maximum atomic E-state index is 14.5. The summed E-state index contributed by atoms with van der Waals surface area (Å²) in [7, 11) is 0. The van der Waals surface area contributed by atoms with Gasteiger partial charge in [0, 0.05) is 23.4 Å². The van der Waals surface area contributed by atoms with Gasteiger partial charge in [0.05, 0.1) is 6.61 Å². The Morgan fingerprint density at radius 1 is 1.27 bits per heavy atom. The highest BCUT2D eigenvalue weighted by Crippen LogP contribution is 2.26. The van der Waals surface area contributed by atoms with Crippen molar-refractivity contribution in [2.45, 2.75) is 45.6 Å². The van der Waals surface area contributed by atoms with Crippen LogP contribution in [0, 0.1) is 30.0 Å². The molecule has 0 spiro atoms. The van der Waals surface area contributed by atoms with Crippen LogP contribution in [0.1, 0.15) is 48.9 Å². The van der Waals surface area contributed by atoms with Crippen LogP contribution in [0.4, 0.5) is 4.39 Å². The van der Waals surface area contributed by atoms with E-state index in [9.17, 15) is 14.4 Å². The molecule has 1 saturated carbocycles. The summed E-state index contributed by atoms with van der Waals surface area (Å²) in [4.78, 5) is 14.5. The monoisotopic (exact) mass is 354 g/mol. The molecule has 1 aliphatic rings. The first-order chi connectivity index (χ1) is 12.6. The van der Waals surface area contributed by atoms with E-state index in [1.165, 1.54) is 38.2 Å². The van der Waals surface area contributed by atoms with E-state index in [1.807, 2.05) is 6.07 Å². The second-order valence-electron chi connectivity index (χ2n) is 7.01. The number of ether oxygens (including phenoxy) is 1. The van der Waals surface area contributed by atoms with Crippen LogP contribution in [0.2, 0.25) is 0 Å². The SMILES string of the molecule is Cc1cc(-c2ccc(COCC3CCCCC3)c(F)c2)c(C#N)c(=O)[nH]1. The van der Waals surface area contributed by atoms with Crippen molar-refractivity contribution in [3.8, 4) is 17.2 Å². The fourth-order valence-electron chi connectivity index (χ4n) is 3.55. The van der Waals surface area contributed by atoms with E-state index in [0.29, 0.717) is 34.9 Å². The van der Waals surface area contributed by atoms with Gasteiger partial charge in [-0.1, -0.05) is 31.4 Å². The maximum absolute atomic E-state index is 14.5. The third kappa shape index (κ3) is 4.20. The molecular weight excluding hydrogens is 331 g/mol. The lowest BCUT2D eigenvalue weighted by molar-refractivity contribution is 0.0723. The molecule has 2 aromatic rings. The fourth-order valence-corrected chi connectivity index (χ4v) is 3.55. The molecule has 1 aromatic heterocycles. The molecule has 26 heavy (non-hydrogen) atoms. The molecule has 0 bridgehead atoms. The number of nitrogens with one attached hydrogen (secondary N) is 1. The second kappa shape index (κ2) is 8.29. The number of nitriles is 1. The Morgan fingerprint density at radius 2 is 2.04 bits per heavy atom. The van der Waals surface area contributed by atoms with Crippen molar-refractivity contribution in [3.05, 3.63) is 57.3 Å². The van der Waals surface area contributed by atoms with Gasteiger partial charge in [0.1, 0.15) is 17.4 Å². The van der Waals surface area contributed by atoms with Crippen molar-refractivity contribution in [2.75, 3.05) is 6.61 Å². The Labute approximate surface area is 152 Å². The minimum atomic E-state index is -0.456. The van der Waals surface area contributed by atoms with Gasteiger partial charge in [-0.05, 0) is 43.4 Å². The van der Waals surface area contributed by atoms with E-state index < -0.39 is 5.56 Å². The third-order valence-electron chi connectivity index (χ3n) is 4.98. The number of H-pyrrole nitrogens is 1. The maximum Gasteiger partial charge on any atom is 0.266 e. The van der Waals surface area contributed by atoms with Gasteiger partial charge in [-0.15, -0.1) is 0 Å². The number of hydrogen-bond acceptors (Lipinski definition) is 3. The summed E-state index contributed by atoms with van der Waals surface area (Å²) in [5.41, 5.74) is 1.62. The molecule has 0 unspecified atom stereocenters. The van der Waals surface area contributed by atoms with Crippen LogP contribution >= 0.6 is 0 Å². The van der Waals surface area contributed by atoms with Crippen molar-refractivity contribution in [2.24, 2.45) is 5.92 Å². The summed E-state index contributed by atoms with van der Waals surface area (Å²) in [6.07, 6.45) is 6.21. The van der Waals surface area contributed by atoms with Crippen LogP contribution in [0.25, 0.3) is 11.1 Å². The summed E-state index contributed by atoms with van der Waals surface area (Å²) in [5.74, 6) is 0.205. The number of rotatable bonds is 5. The quantitative estimate of drug-likeness (QED) is 0.862. The van der Waals surface area contributed by atoms with Gasteiger partial charge in [0.2, 0.25) is 0 Å². The minimum Gasteiger partial charge on any atom is -0.376 e. The molecule has 0 aliphatic heterocycles. The fraction of sp³-hybridized carbons (Fsp3) is 0.429. The zero-order valence-electron chi connectivity index (χ0n) is 15.0. The smallest absolute Gasteiger partial charge is 0.266 e. The van der Waals surface area contributed by atoms with Gasteiger partial charge in [-0.2, -0.15) is 5.26 Å². The lowest BCUT2D eigenvalue weighted by Crippen LogP contribution is -2.13. The number of benzene rings is 1. The van der Waals surface area contributed by atoms with E-state index in [2.05, 4.69) is 4.98 Å². The zero-order chi connectivity index (χ0) is 18.5. The molecule has 1 aromatic carbocycles. The predicted molar refractivity (Wildman–Crippen MR) is 98.1 cm³/mol. The number of pyridine rings is 1. The van der Waals surface area contributed by atoms with Gasteiger partial charge in [-0.3, -0.25) is 4.79 Å². The van der Waals surface area contributed by atoms with Crippen molar-refractivity contribution < 1.29 is 9.13 Å². The molecule has 4 nitrogen and oxygen atoms in total. The molecule has 5 heteroatoms. The Balaban J connectivity index is 1.74. The number of aryl methyl sites for hydroxylation is 1. The average Bonchev–Trinajstić information content (AvgIpc) is 2.63. The number of aromatic nitrogens is 1. The number of hydrogen-bond donors (Lipinski definition) is 1. The molecular formula is C21H23FN2O2. The van der Waals surface area contributed by atoms with Gasteiger partial charge < -0.3 is 9.72 Å². The van der Waals surface area contributed by atoms with Crippen LogP contribution in [0.3, 0.4) is 0 Å². The van der Waals surface area contributed by atoms with Crippen molar-refractivity contribution in [3.63, 3.8) is 0 Å². The van der Waals surface area contributed by atoms with Gasteiger partial charge >= 0.3 is 0 Å². The summed E-state index contributed by atoms with van der Waals surface area (Å²) < 4.78 is 20.2. The molecule has 1 fully saturated rings. The Morgan fingerprint density at radius 3 is 2.73 bits per heavy atom. The van der Waals surface area contributed by atoms with Crippen LogP contribution in [-0.2, 0) is 11.3 Å². The molecule has 1 N–H and O–H groups in total. The number of halogens is 1. The van der Waals surface area contributed by atoms with E-state index in [1.54, 1.807) is 25.1 Å². The molecule has 3 rings (SSSR count). The Kier molecular flexibility index (Phi) is 5.85. The van der Waals surface area contributed by atoms with Crippen molar-refractivity contribution >= 4 is 0 Å². The van der Waals surface area contributed by atoms with Crippen LogP contribution < -0.4 is 5.56 Å². The standard InChI is InChI=1S/C21H23FN2O2/c1-14-9-18(19(11-23)21(25)24-14)16-7-8-17(20(22)10-16)13-26-12-15-5-3-2-4-6-15/h7-10,15H,2-6,12-13H2,1H3,(H,24,25). The van der Waals surface area contributed by atoms with Crippen LogP contribution in [0.15, 0.2) is 29.1 Å². The molecule has 1 aliphatic carbocycles. The highest BCUT2D eigenvalue weighted by atomic mass is 19.1. The summed E-state index contributed by atoms with van der Waals surface area (Å²) in [6.45, 7) is 2.64. The van der Waals surface area contributed by atoms with Crippen molar-refractivity contribution in [1.29, 1.82) is 5.26 Å². The first-order valence-electron chi connectivity index (χ1n) is 9.09. The Bertz CT molecular complexity index is 877. The third-order valence-corrected chi connectivity index (χ3v) is 4.98. The summed E-state index contributed by atoms with van der Waals surface area (Å²) >= 11 is 0. The molecule has 0 atom stereocenters. The van der Waals surface area contributed by atoms with Gasteiger partial charge in [-0.25, -0.2) is 4.39 Å². The molecule has 1 heterocycles. The minimum absolute atomic E-state index is 0.00343. The Hall–Kier alpha value is -2.45. The van der Waals surface area contributed by atoms with E-state index in [-0.39, 0.29) is 18.0 Å². The zero-order valence-corrected chi connectivity index (χ0v) is 15.0. The van der Waals surface area contributed by atoms with Crippen LogP contribution in [-0.4, -0.2) is 11.6 Å². The molecule has 0 saturated heterocycles. The highest BCUT2D eigenvalue weighted by Gasteiger charge is 2.15. The summed E-state index contributed by atoms with van der Waals surface area (Å²) in [6, 6.07) is 8.36. The van der Waals surface area contributed by atoms with Crippen LogP contribution in [0.5, 0.6) is 0 Å². The van der Waals surface area contributed by atoms with E-state index in [4.69, 9.17) is 4.74 Å². The highest BCUT2D eigenvalue weighted by molar-refractivity contribution is 5.70. The second-order valence-corrected chi connectivity index (χ2v) is 7.01. The largest absolute Gasteiger partial charge is 0.376 e. The number of nitrogens with zero attached hydrogens (tertiary/aromatic N) is 1. The lowest BCUT2D eigenvalue weighted by atomic mass is 9.90. The molecule has 0 radical (unpaired) electrons. The van der Waals surface area contributed by atoms with Crippen molar-refractivity contribution in [1.82, 2.24) is 4.98 Å². The van der Waals surface area contributed by atoms with E-state index in [0.717, 1.165) is 0 Å². The van der Waals surface area contributed by atoms with Gasteiger partial charge in [0.25, 0.3) is 5.56 Å². The molecule has 136 valence electrons. The van der Waals surface area contributed by atoms with E-state index >= 15 is 0 Å². The van der Waals surface area contributed by atoms with Gasteiger partial charge in [0.15, 0.2) is 0 Å². The average molecular weight is 354 g/mol. The lowest BCUT2D eigenvalue weighted by Gasteiger charge is -2.21. The molecule has 0 amide bonds. The first kappa shape index (κ1) is 18.3. The topological polar surface area (TPSA) is 65.9 Å². The summed E-state index contributed by atoms with van der Waals surface area (Å²) in [5, 5.41) is 9.23.